The van der Waals surface area contributed by atoms with Crippen LogP contribution in [0.2, 0.25) is 0 Å². The van der Waals surface area contributed by atoms with E-state index in [0.29, 0.717) is 6.04 Å². The van der Waals surface area contributed by atoms with Crippen LogP contribution in [-0.2, 0) is 19.5 Å². The van der Waals surface area contributed by atoms with Crippen molar-refractivity contribution in [2.75, 3.05) is 20.1 Å². The first kappa shape index (κ1) is 12.6. The van der Waals surface area contributed by atoms with Gasteiger partial charge in [0.1, 0.15) is 5.82 Å². The van der Waals surface area contributed by atoms with Gasteiger partial charge >= 0.3 is 0 Å². The zero-order chi connectivity index (χ0) is 12.4. The number of likely N-dealkylation sites (N-methyl/N-ethyl adjacent to an activating group) is 1. The van der Waals surface area contributed by atoms with Crippen molar-refractivity contribution in [2.45, 2.75) is 46.3 Å². The Morgan fingerprint density at radius 1 is 1.47 bits per heavy atom. The molecule has 4 heteroatoms. The van der Waals surface area contributed by atoms with Gasteiger partial charge in [0, 0.05) is 44.3 Å². The molecule has 2 heterocycles. The second-order valence-electron chi connectivity index (χ2n) is 5.21. The molecular weight excluding hydrogens is 212 g/mol. The summed E-state index contributed by atoms with van der Waals surface area (Å²) in [5.74, 6) is 1.16. The van der Waals surface area contributed by atoms with Gasteiger partial charge in [-0.3, -0.25) is 0 Å². The van der Waals surface area contributed by atoms with Crippen molar-refractivity contribution in [3.05, 3.63) is 17.2 Å². The Balaban J connectivity index is 2.08. The van der Waals surface area contributed by atoms with Crippen molar-refractivity contribution >= 4 is 0 Å². The van der Waals surface area contributed by atoms with E-state index in [2.05, 4.69) is 47.6 Å². The van der Waals surface area contributed by atoms with Gasteiger partial charge in [0.25, 0.3) is 0 Å². The Morgan fingerprint density at radius 2 is 2.24 bits per heavy atom. The summed E-state index contributed by atoms with van der Waals surface area (Å²) in [5.41, 5.74) is 2.69. The van der Waals surface area contributed by atoms with E-state index in [1.807, 2.05) is 0 Å². The second-order valence-corrected chi connectivity index (χ2v) is 5.21. The fraction of sp³-hybridized carbons (Fsp3) is 0.769. The van der Waals surface area contributed by atoms with E-state index in [0.717, 1.165) is 38.4 Å². The van der Waals surface area contributed by atoms with Gasteiger partial charge in [0.15, 0.2) is 0 Å². The predicted octanol–water partition coefficient (Wildman–Crippen LogP) is 1.18. The summed E-state index contributed by atoms with van der Waals surface area (Å²) in [6, 6.07) is 0.608. The van der Waals surface area contributed by atoms with Gasteiger partial charge in [-0.15, -0.1) is 0 Å². The second kappa shape index (κ2) is 5.19. The third kappa shape index (κ3) is 2.69. The van der Waals surface area contributed by atoms with Crippen LogP contribution in [0.3, 0.4) is 0 Å². The highest BCUT2D eigenvalue weighted by molar-refractivity contribution is 5.19. The molecule has 0 radical (unpaired) electrons. The highest BCUT2D eigenvalue weighted by Crippen LogP contribution is 2.15. The third-order valence-electron chi connectivity index (χ3n) is 3.74. The molecule has 0 fully saturated rings. The molecule has 0 atom stereocenters. The largest absolute Gasteiger partial charge is 0.331 e. The zero-order valence-electron chi connectivity index (χ0n) is 11.5. The van der Waals surface area contributed by atoms with Crippen LogP contribution in [0.25, 0.3) is 0 Å². The molecule has 0 amide bonds. The fourth-order valence-corrected chi connectivity index (χ4v) is 2.32. The average Bonchev–Trinajstić information content (AvgIpc) is 2.61. The van der Waals surface area contributed by atoms with Gasteiger partial charge in [-0.2, -0.15) is 0 Å². The fourth-order valence-electron chi connectivity index (χ4n) is 2.32. The summed E-state index contributed by atoms with van der Waals surface area (Å²) in [7, 11) is 2.19. The molecule has 0 aromatic carbocycles. The SMILES string of the molecule is Cc1nc2c(n1CCN(C)C(C)C)CCNC2. The molecule has 17 heavy (non-hydrogen) atoms. The minimum atomic E-state index is 0.608. The summed E-state index contributed by atoms with van der Waals surface area (Å²) in [5, 5.41) is 3.38. The van der Waals surface area contributed by atoms with Crippen LogP contribution < -0.4 is 5.32 Å². The lowest BCUT2D eigenvalue weighted by Crippen LogP contribution is -2.31. The maximum atomic E-state index is 4.66. The summed E-state index contributed by atoms with van der Waals surface area (Å²) >= 11 is 0. The Hall–Kier alpha value is -0.870. The number of aromatic nitrogens is 2. The number of fused-ring (bicyclic) bond motifs is 1. The molecule has 96 valence electrons. The number of aryl methyl sites for hydroxylation is 1. The molecule has 1 aliphatic rings. The van der Waals surface area contributed by atoms with Crippen LogP contribution in [-0.4, -0.2) is 40.6 Å². The summed E-state index contributed by atoms with van der Waals surface area (Å²) in [4.78, 5) is 7.04. The van der Waals surface area contributed by atoms with Gasteiger partial charge in [-0.25, -0.2) is 4.98 Å². The van der Waals surface area contributed by atoms with E-state index in [4.69, 9.17) is 0 Å². The van der Waals surface area contributed by atoms with Crippen molar-refractivity contribution in [1.82, 2.24) is 19.8 Å². The normalized spacial score (nSPS) is 15.6. The molecule has 0 spiro atoms. The first-order valence-corrected chi connectivity index (χ1v) is 6.55. The molecular formula is C13H24N4. The molecule has 0 unspecified atom stereocenters. The maximum Gasteiger partial charge on any atom is 0.106 e. The highest BCUT2D eigenvalue weighted by atomic mass is 15.2. The van der Waals surface area contributed by atoms with E-state index in [1.165, 1.54) is 11.4 Å². The lowest BCUT2D eigenvalue weighted by molar-refractivity contribution is 0.261. The highest BCUT2D eigenvalue weighted by Gasteiger charge is 2.17. The first-order chi connectivity index (χ1) is 8.09. The first-order valence-electron chi connectivity index (χ1n) is 6.55. The van der Waals surface area contributed by atoms with Gasteiger partial charge in [0.2, 0.25) is 0 Å². The monoisotopic (exact) mass is 236 g/mol. The van der Waals surface area contributed by atoms with Gasteiger partial charge in [0.05, 0.1) is 5.69 Å². The molecule has 1 aromatic heterocycles. The quantitative estimate of drug-likeness (QED) is 0.852. The Labute approximate surface area is 104 Å². The molecule has 1 aromatic rings. The molecule has 1 N–H and O–H groups in total. The van der Waals surface area contributed by atoms with Crippen molar-refractivity contribution in [3.63, 3.8) is 0 Å². The van der Waals surface area contributed by atoms with Crippen LogP contribution in [0, 0.1) is 6.92 Å². The van der Waals surface area contributed by atoms with Crippen molar-refractivity contribution in [1.29, 1.82) is 0 Å². The minimum absolute atomic E-state index is 0.608. The molecule has 1 aliphatic heterocycles. The standard InChI is InChI=1S/C13H24N4/c1-10(2)16(4)7-8-17-11(3)15-12-9-14-6-5-13(12)17/h10,14H,5-9H2,1-4H3. The van der Waals surface area contributed by atoms with E-state index >= 15 is 0 Å². The minimum Gasteiger partial charge on any atom is -0.331 e. The van der Waals surface area contributed by atoms with Crippen LogP contribution in [0.1, 0.15) is 31.1 Å². The smallest absolute Gasteiger partial charge is 0.106 e. The number of imidazole rings is 1. The van der Waals surface area contributed by atoms with Gasteiger partial charge < -0.3 is 14.8 Å². The lowest BCUT2D eigenvalue weighted by Gasteiger charge is -2.23. The maximum absolute atomic E-state index is 4.66. The topological polar surface area (TPSA) is 33.1 Å². The van der Waals surface area contributed by atoms with Crippen molar-refractivity contribution < 1.29 is 0 Å². The van der Waals surface area contributed by atoms with E-state index in [9.17, 15) is 0 Å². The number of rotatable bonds is 4. The van der Waals surface area contributed by atoms with E-state index < -0.39 is 0 Å². The Morgan fingerprint density at radius 3 is 2.94 bits per heavy atom. The number of nitrogens with zero attached hydrogens (tertiary/aromatic N) is 3. The van der Waals surface area contributed by atoms with E-state index in [-0.39, 0.29) is 0 Å². The molecule has 4 nitrogen and oxygen atoms in total. The number of nitrogens with one attached hydrogen (secondary N) is 1. The van der Waals surface area contributed by atoms with Crippen LogP contribution in [0.15, 0.2) is 0 Å². The van der Waals surface area contributed by atoms with Crippen molar-refractivity contribution in [3.8, 4) is 0 Å². The predicted molar refractivity (Wildman–Crippen MR) is 70.1 cm³/mol. The van der Waals surface area contributed by atoms with E-state index in [1.54, 1.807) is 0 Å². The average molecular weight is 236 g/mol. The number of hydrogen-bond donors (Lipinski definition) is 1. The third-order valence-corrected chi connectivity index (χ3v) is 3.74. The molecule has 0 aliphatic carbocycles. The van der Waals surface area contributed by atoms with Crippen LogP contribution in [0.4, 0.5) is 0 Å². The lowest BCUT2D eigenvalue weighted by atomic mass is 10.2. The summed E-state index contributed by atoms with van der Waals surface area (Å²) in [6.45, 7) is 10.8. The Kier molecular flexibility index (Phi) is 3.84. The molecule has 2 rings (SSSR count). The van der Waals surface area contributed by atoms with Crippen LogP contribution >= 0.6 is 0 Å². The van der Waals surface area contributed by atoms with Gasteiger partial charge in [-0.1, -0.05) is 0 Å². The van der Waals surface area contributed by atoms with Crippen LogP contribution in [0.5, 0.6) is 0 Å². The Bertz CT molecular complexity index is 381. The molecule has 0 saturated heterocycles. The number of hydrogen-bond acceptors (Lipinski definition) is 3. The molecule has 0 bridgehead atoms. The molecule has 0 saturated carbocycles. The summed E-state index contributed by atoms with van der Waals surface area (Å²) in [6.07, 6.45) is 1.11. The summed E-state index contributed by atoms with van der Waals surface area (Å²) < 4.78 is 2.40. The zero-order valence-corrected chi connectivity index (χ0v) is 11.5. The van der Waals surface area contributed by atoms with Gasteiger partial charge in [-0.05, 0) is 27.8 Å². The van der Waals surface area contributed by atoms with Crippen molar-refractivity contribution in [2.24, 2.45) is 0 Å².